The van der Waals surface area contributed by atoms with Gasteiger partial charge in [0, 0.05) is 5.69 Å². The molecule has 2 aromatic rings. The number of aryl methyl sites for hydroxylation is 2. The number of rotatable bonds is 8. The molecular formula is C22H27NO4. The SMILES string of the molecule is CCCCOC(=O)c1ccc(NC(=O)[C@H](C)Oc2ccc(C)c(C)c2)cc1. The number of anilines is 1. The van der Waals surface area contributed by atoms with Crippen LogP contribution in [0.15, 0.2) is 42.5 Å². The summed E-state index contributed by atoms with van der Waals surface area (Å²) in [5.74, 6) is 0.0465. The number of hydrogen-bond acceptors (Lipinski definition) is 4. The Kier molecular flexibility index (Phi) is 7.41. The Labute approximate surface area is 160 Å². The van der Waals surface area contributed by atoms with Crippen molar-refractivity contribution in [2.75, 3.05) is 11.9 Å². The van der Waals surface area contributed by atoms with Crippen LogP contribution < -0.4 is 10.1 Å². The minimum absolute atomic E-state index is 0.258. The summed E-state index contributed by atoms with van der Waals surface area (Å²) >= 11 is 0. The lowest BCUT2D eigenvalue weighted by atomic mass is 10.1. The monoisotopic (exact) mass is 369 g/mol. The smallest absolute Gasteiger partial charge is 0.338 e. The molecule has 0 saturated heterocycles. The first-order valence-corrected chi connectivity index (χ1v) is 9.22. The molecule has 0 aliphatic carbocycles. The second-order valence-electron chi connectivity index (χ2n) is 6.56. The van der Waals surface area contributed by atoms with Crippen LogP contribution >= 0.6 is 0 Å². The lowest BCUT2D eigenvalue weighted by molar-refractivity contribution is -0.122. The maximum Gasteiger partial charge on any atom is 0.338 e. The summed E-state index contributed by atoms with van der Waals surface area (Å²) < 4.78 is 10.9. The standard InChI is InChI=1S/C22H27NO4/c1-5-6-13-26-22(25)18-8-10-19(11-9-18)23-21(24)17(4)27-20-12-7-15(2)16(3)14-20/h7-12,14,17H,5-6,13H2,1-4H3,(H,23,24)/t17-/m0/s1. The molecule has 0 saturated carbocycles. The van der Waals surface area contributed by atoms with Gasteiger partial charge in [-0.15, -0.1) is 0 Å². The highest BCUT2D eigenvalue weighted by Gasteiger charge is 2.15. The van der Waals surface area contributed by atoms with E-state index in [2.05, 4.69) is 5.32 Å². The van der Waals surface area contributed by atoms with Crippen LogP contribution in [0, 0.1) is 13.8 Å². The van der Waals surface area contributed by atoms with Gasteiger partial charge in [-0.3, -0.25) is 4.79 Å². The van der Waals surface area contributed by atoms with Crippen LogP contribution in [0.1, 0.15) is 48.2 Å². The average Bonchev–Trinajstić information content (AvgIpc) is 2.65. The summed E-state index contributed by atoms with van der Waals surface area (Å²) in [6.07, 6.45) is 1.17. The maximum absolute atomic E-state index is 12.3. The van der Waals surface area contributed by atoms with Crippen molar-refractivity contribution in [2.24, 2.45) is 0 Å². The number of hydrogen-bond donors (Lipinski definition) is 1. The van der Waals surface area contributed by atoms with Crippen LogP contribution in [0.5, 0.6) is 5.75 Å². The fraction of sp³-hybridized carbons (Fsp3) is 0.364. The third kappa shape index (κ3) is 6.13. The Hall–Kier alpha value is -2.82. The molecule has 0 heterocycles. The van der Waals surface area contributed by atoms with Gasteiger partial charge in [-0.25, -0.2) is 4.79 Å². The highest BCUT2D eigenvalue weighted by molar-refractivity contribution is 5.95. The van der Waals surface area contributed by atoms with Gasteiger partial charge >= 0.3 is 5.97 Å². The number of unbranched alkanes of at least 4 members (excludes halogenated alkanes) is 1. The number of nitrogens with one attached hydrogen (secondary N) is 1. The van der Waals surface area contributed by atoms with E-state index in [0.29, 0.717) is 23.6 Å². The summed E-state index contributed by atoms with van der Waals surface area (Å²) in [5.41, 5.74) is 3.35. The Morgan fingerprint density at radius 2 is 1.74 bits per heavy atom. The predicted molar refractivity (Wildman–Crippen MR) is 106 cm³/mol. The molecule has 0 unspecified atom stereocenters. The van der Waals surface area contributed by atoms with E-state index in [0.717, 1.165) is 18.4 Å². The van der Waals surface area contributed by atoms with Crippen LogP contribution in [0.3, 0.4) is 0 Å². The second-order valence-corrected chi connectivity index (χ2v) is 6.56. The fourth-order valence-corrected chi connectivity index (χ4v) is 2.37. The molecule has 0 radical (unpaired) electrons. The third-order valence-electron chi connectivity index (χ3n) is 4.28. The number of carbonyl (C=O) groups excluding carboxylic acids is 2. The minimum Gasteiger partial charge on any atom is -0.481 e. The second kappa shape index (κ2) is 9.76. The molecule has 0 aromatic heterocycles. The van der Waals surface area contributed by atoms with Crippen LogP contribution in [-0.4, -0.2) is 24.6 Å². The molecule has 0 fully saturated rings. The molecule has 5 heteroatoms. The van der Waals surface area contributed by atoms with Crippen molar-refractivity contribution in [1.82, 2.24) is 0 Å². The number of carbonyl (C=O) groups is 2. The number of ether oxygens (including phenoxy) is 2. The van der Waals surface area contributed by atoms with Gasteiger partial charge in [-0.1, -0.05) is 19.4 Å². The first kappa shape index (κ1) is 20.5. The van der Waals surface area contributed by atoms with Gasteiger partial charge in [-0.05, 0) is 74.7 Å². The number of benzene rings is 2. The van der Waals surface area contributed by atoms with Gasteiger partial charge in [0.05, 0.1) is 12.2 Å². The van der Waals surface area contributed by atoms with Crippen molar-refractivity contribution in [3.05, 3.63) is 59.2 Å². The van der Waals surface area contributed by atoms with Crippen molar-refractivity contribution in [1.29, 1.82) is 0 Å². The number of amides is 1. The highest BCUT2D eigenvalue weighted by Crippen LogP contribution is 2.18. The summed E-state index contributed by atoms with van der Waals surface area (Å²) in [6.45, 7) is 8.18. The Balaban J connectivity index is 1.90. The molecule has 0 aliphatic heterocycles. The lowest BCUT2D eigenvalue weighted by Gasteiger charge is -2.15. The molecule has 0 aliphatic rings. The predicted octanol–water partition coefficient (Wildman–Crippen LogP) is 4.67. The Morgan fingerprint density at radius 3 is 2.37 bits per heavy atom. The topological polar surface area (TPSA) is 64.6 Å². The lowest BCUT2D eigenvalue weighted by Crippen LogP contribution is -2.30. The largest absolute Gasteiger partial charge is 0.481 e. The molecule has 144 valence electrons. The van der Waals surface area contributed by atoms with E-state index in [-0.39, 0.29) is 11.9 Å². The highest BCUT2D eigenvalue weighted by atomic mass is 16.5. The Morgan fingerprint density at radius 1 is 1.04 bits per heavy atom. The van der Waals surface area contributed by atoms with Crippen LogP contribution in [0.2, 0.25) is 0 Å². The van der Waals surface area contributed by atoms with E-state index in [1.54, 1.807) is 31.2 Å². The summed E-state index contributed by atoms with van der Waals surface area (Å²) in [5, 5.41) is 2.79. The third-order valence-corrected chi connectivity index (χ3v) is 4.28. The summed E-state index contributed by atoms with van der Waals surface area (Å²) in [7, 11) is 0. The quantitative estimate of drug-likeness (QED) is 0.543. The van der Waals surface area contributed by atoms with Gasteiger partial charge in [0.1, 0.15) is 5.75 Å². The molecule has 2 rings (SSSR count). The first-order chi connectivity index (χ1) is 12.9. The van der Waals surface area contributed by atoms with Crippen molar-refractivity contribution < 1.29 is 19.1 Å². The summed E-state index contributed by atoms with van der Waals surface area (Å²) in [4.78, 5) is 24.2. The maximum atomic E-state index is 12.3. The molecule has 1 atom stereocenters. The average molecular weight is 369 g/mol. The van der Waals surface area contributed by atoms with Crippen molar-refractivity contribution >= 4 is 17.6 Å². The molecule has 1 N–H and O–H groups in total. The molecule has 0 bridgehead atoms. The van der Waals surface area contributed by atoms with Crippen molar-refractivity contribution in [3.8, 4) is 5.75 Å². The van der Waals surface area contributed by atoms with Gasteiger partial charge in [0.25, 0.3) is 5.91 Å². The van der Waals surface area contributed by atoms with Gasteiger partial charge in [-0.2, -0.15) is 0 Å². The fourth-order valence-electron chi connectivity index (χ4n) is 2.37. The van der Waals surface area contributed by atoms with Gasteiger partial charge in [0.15, 0.2) is 6.10 Å². The molecular weight excluding hydrogens is 342 g/mol. The van der Waals surface area contributed by atoms with Gasteiger partial charge in [0.2, 0.25) is 0 Å². The van der Waals surface area contributed by atoms with E-state index in [4.69, 9.17) is 9.47 Å². The Bertz CT molecular complexity index is 783. The van der Waals surface area contributed by atoms with E-state index in [1.165, 1.54) is 5.56 Å². The zero-order chi connectivity index (χ0) is 19.8. The first-order valence-electron chi connectivity index (χ1n) is 9.22. The molecule has 1 amide bonds. The molecule has 27 heavy (non-hydrogen) atoms. The normalized spacial score (nSPS) is 11.6. The molecule has 0 spiro atoms. The van der Waals surface area contributed by atoms with Gasteiger partial charge < -0.3 is 14.8 Å². The van der Waals surface area contributed by atoms with E-state index >= 15 is 0 Å². The van der Waals surface area contributed by atoms with E-state index in [9.17, 15) is 9.59 Å². The van der Waals surface area contributed by atoms with Crippen molar-refractivity contribution in [3.63, 3.8) is 0 Å². The zero-order valence-electron chi connectivity index (χ0n) is 16.4. The van der Waals surface area contributed by atoms with E-state index in [1.807, 2.05) is 39.0 Å². The summed E-state index contributed by atoms with van der Waals surface area (Å²) in [6, 6.07) is 12.4. The molecule has 5 nitrogen and oxygen atoms in total. The number of esters is 1. The van der Waals surface area contributed by atoms with Crippen molar-refractivity contribution in [2.45, 2.75) is 46.6 Å². The molecule has 2 aromatic carbocycles. The zero-order valence-corrected chi connectivity index (χ0v) is 16.4. The van der Waals surface area contributed by atoms with Crippen LogP contribution in [-0.2, 0) is 9.53 Å². The minimum atomic E-state index is -0.647. The van der Waals surface area contributed by atoms with E-state index < -0.39 is 6.10 Å². The van der Waals surface area contributed by atoms with Crippen LogP contribution in [0.25, 0.3) is 0 Å². The van der Waals surface area contributed by atoms with Crippen LogP contribution in [0.4, 0.5) is 5.69 Å².